The highest BCUT2D eigenvalue weighted by Crippen LogP contribution is 2.33. The number of hydrogen-bond donors (Lipinski definition) is 1. The highest BCUT2D eigenvalue weighted by molar-refractivity contribution is 7.89. The summed E-state index contributed by atoms with van der Waals surface area (Å²) in [4.78, 5) is 12.6. The Bertz CT molecular complexity index is 1090. The number of halogens is 3. The number of carbonyl (C=O) groups excluding carboxylic acids is 1. The van der Waals surface area contributed by atoms with Crippen LogP contribution in [0.5, 0.6) is 5.75 Å². The Morgan fingerprint density at radius 1 is 1.27 bits per heavy atom. The molecule has 0 aliphatic carbocycles. The van der Waals surface area contributed by atoms with Crippen molar-refractivity contribution in [1.29, 1.82) is 0 Å². The topological polar surface area (TPSA) is 75.7 Å². The average molecular weight is 473 g/mol. The van der Waals surface area contributed by atoms with Crippen LogP contribution in [0.1, 0.15) is 12.0 Å². The van der Waals surface area contributed by atoms with Crippen LogP contribution in [-0.4, -0.2) is 38.3 Å². The highest BCUT2D eigenvalue weighted by atomic mass is 35.5. The first kappa shape index (κ1) is 22.6. The Morgan fingerprint density at radius 3 is 2.70 bits per heavy atom. The number of benzene rings is 2. The van der Waals surface area contributed by atoms with Crippen molar-refractivity contribution in [1.82, 2.24) is 9.62 Å². The van der Waals surface area contributed by atoms with Crippen LogP contribution in [0.4, 0.5) is 4.39 Å². The minimum atomic E-state index is -4.29. The number of nitrogens with zero attached hydrogens (tertiary/aromatic N) is 1. The molecule has 0 spiro atoms. The van der Waals surface area contributed by atoms with Crippen molar-refractivity contribution in [3.05, 3.63) is 70.0 Å². The van der Waals surface area contributed by atoms with Crippen LogP contribution in [0.25, 0.3) is 0 Å². The van der Waals surface area contributed by atoms with E-state index in [9.17, 15) is 17.6 Å². The first-order valence-corrected chi connectivity index (χ1v) is 11.1. The molecule has 1 amide bonds. The van der Waals surface area contributed by atoms with Crippen LogP contribution in [0.2, 0.25) is 10.0 Å². The van der Waals surface area contributed by atoms with Gasteiger partial charge in [0.05, 0.1) is 13.7 Å². The van der Waals surface area contributed by atoms with Gasteiger partial charge in [-0.05, 0) is 42.3 Å². The van der Waals surface area contributed by atoms with E-state index in [1.54, 1.807) is 24.3 Å². The normalized spacial score (nSPS) is 17.3. The van der Waals surface area contributed by atoms with Crippen molar-refractivity contribution in [2.75, 3.05) is 13.7 Å². The largest absolute Gasteiger partial charge is 0.495 e. The number of nitrogens with one attached hydrogen (secondary N) is 1. The summed E-state index contributed by atoms with van der Waals surface area (Å²) in [6.07, 6.45) is 1.10. The van der Waals surface area contributed by atoms with Crippen LogP contribution >= 0.6 is 23.2 Å². The smallest absolute Gasteiger partial charge is 0.247 e. The van der Waals surface area contributed by atoms with Crippen molar-refractivity contribution in [2.45, 2.75) is 23.9 Å². The fourth-order valence-corrected chi connectivity index (χ4v) is 5.27. The lowest BCUT2D eigenvalue weighted by Crippen LogP contribution is -2.51. The van der Waals surface area contributed by atoms with E-state index in [4.69, 9.17) is 27.9 Å². The fourth-order valence-electron chi connectivity index (χ4n) is 3.09. The summed E-state index contributed by atoms with van der Waals surface area (Å²) in [5.41, 5.74) is 0.677. The number of methoxy groups -OCH3 is 1. The minimum Gasteiger partial charge on any atom is -0.495 e. The maximum absolute atomic E-state index is 14.0. The molecular weight excluding hydrogens is 454 g/mol. The molecule has 0 bridgehead atoms. The van der Waals surface area contributed by atoms with E-state index < -0.39 is 34.3 Å². The first-order chi connectivity index (χ1) is 14.2. The predicted octanol–water partition coefficient (Wildman–Crippen LogP) is 3.93. The molecule has 1 heterocycles. The number of carbonyl (C=O) groups is 1. The third kappa shape index (κ3) is 4.78. The molecule has 0 aromatic heterocycles. The molecule has 10 heteroatoms. The number of ether oxygens (including phenoxy) is 1. The standard InChI is InChI=1S/C20H19Cl2FN2O4S/c1-29-18-9-6-14(21)10-19(18)30(27,28)25-12-15(23)7-8-17(25)20(26)24-11-13-4-2-3-5-16(13)22/h2-7,9-10,17H,8,11-12H2,1H3,(H,24,26). The summed E-state index contributed by atoms with van der Waals surface area (Å²) >= 11 is 12.1. The Hall–Kier alpha value is -2.13. The number of sulfonamides is 1. The first-order valence-electron chi connectivity index (χ1n) is 8.95. The lowest BCUT2D eigenvalue weighted by molar-refractivity contribution is -0.125. The van der Waals surface area contributed by atoms with Crippen LogP contribution < -0.4 is 10.1 Å². The Morgan fingerprint density at radius 2 is 2.00 bits per heavy atom. The minimum absolute atomic E-state index is 0.0459. The van der Waals surface area contributed by atoms with Gasteiger partial charge in [-0.1, -0.05) is 41.4 Å². The van der Waals surface area contributed by atoms with E-state index in [2.05, 4.69) is 5.32 Å². The van der Waals surface area contributed by atoms with Crippen LogP contribution in [0.15, 0.2) is 59.3 Å². The molecule has 1 atom stereocenters. The van der Waals surface area contributed by atoms with E-state index in [1.165, 1.54) is 31.4 Å². The van der Waals surface area contributed by atoms with Gasteiger partial charge in [0.15, 0.2) is 0 Å². The van der Waals surface area contributed by atoms with Crippen molar-refractivity contribution in [3.8, 4) is 5.75 Å². The Balaban J connectivity index is 1.90. The maximum atomic E-state index is 14.0. The lowest BCUT2D eigenvalue weighted by Gasteiger charge is -2.32. The third-order valence-corrected chi connectivity index (χ3v) is 7.12. The molecule has 2 aromatic carbocycles. The number of amides is 1. The zero-order valence-electron chi connectivity index (χ0n) is 15.9. The summed E-state index contributed by atoms with van der Waals surface area (Å²) in [6.45, 7) is -0.461. The monoisotopic (exact) mass is 472 g/mol. The number of rotatable bonds is 6. The maximum Gasteiger partial charge on any atom is 0.247 e. The Kier molecular flexibility index (Phi) is 7.02. The van der Waals surface area contributed by atoms with Crippen LogP contribution in [-0.2, 0) is 21.4 Å². The average Bonchev–Trinajstić information content (AvgIpc) is 2.72. The molecule has 1 N–H and O–H groups in total. The fraction of sp³-hybridized carbons (Fsp3) is 0.250. The molecule has 6 nitrogen and oxygen atoms in total. The second-order valence-electron chi connectivity index (χ2n) is 6.56. The molecule has 1 unspecified atom stereocenters. The molecule has 0 saturated heterocycles. The van der Waals surface area contributed by atoms with Gasteiger partial charge in [0.2, 0.25) is 15.9 Å². The zero-order chi connectivity index (χ0) is 21.9. The molecule has 30 heavy (non-hydrogen) atoms. The second kappa shape index (κ2) is 9.34. The van der Waals surface area contributed by atoms with Gasteiger partial charge >= 0.3 is 0 Å². The van der Waals surface area contributed by atoms with E-state index in [1.807, 2.05) is 0 Å². The highest BCUT2D eigenvalue weighted by Gasteiger charge is 2.39. The molecule has 1 aliphatic heterocycles. The van der Waals surface area contributed by atoms with Crippen molar-refractivity contribution < 1.29 is 22.3 Å². The zero-order valence-corrected chi connectivity index (χ0v) is 18.3. The van der Waals surface area contributed by atoms with Gasteiger partial charge in [-0.3, -0.25) is 4.79 Å². The third-order valence-electron chi connectivity index (χ3n) is 4.64. The SMILES string of the molecule is COc1ccc(Cl)cc1S(=O)(=O)N1CC(F)=CCC1C(=O)NCc1ccccc1Cl. The molecule has 0 saturated carbocycles. The van der Waals surface area contributed by atoms with Gasteiger partial charge < -0.3 is 10.1 Å². The summed E-state index contributed by atoms with van der Waals surface area (Å²) in [7, 11) is -2.98. The van der Waals surface area contributed by atoms with Gasteiger partial charge in [-0.2, -0.15) is 4.31 Å². The van der Waals surface area contributed by atoms with Gasteiger partial charge in [-0.15, -0.1) is 0 Å². The van der Waals surface area contributed by atoms with Gasteiger partial charge in [0, 0.05) is 16.6 Å². The van der Waals surface area contributed by atoms with Crippen LogP contribution in [0.3, 0.4) is 0 Å². The van der Waals surface area contributed by atoms with Gasteiger partial charge in [0.25, 0.3) is 0 Å². The van der Waals surface area contributed by atoms with Crippen molar-refractivity contribution >= 4 is 39.1 Å². The lowest BCUT2D eigenvalue weighted by atomic mass is 10.1. The molecule has 160 valence electrons. The second-order valence-corrected chi connectivity index (χ2v) is 9.26. The van der Waals surface area contributed by atoms with Gasteiger partial charge in [0.1, 0.15) is 22.5 Å². The predicted molar refractivity (Wildman–Crippen MR) is 113 cm³/mol. The molecule has 2 aromatic rings. The summed E-state index contributed by atoms with van der Waals surface area (Å²) < 4.78 is 46.6. The van der Waals surface area contributed by atoms with E-state index in [0.29, 0.717) is 10.6 Å². The van der Waals surface area contributed by atoms with E-state index in [0.717, 1.165) is 4.31 Å². The van der Waals surface area contributed by atoms with E-state index in [-0.39, 0.29) is 28.6 Å². The summed E-state index contributed by atoms with van der Waals surface area (Å²) in [5, 5.41) is 3.32. The molecule has 0 radical (unpaired) electrons. The van der Waals surface area contributed by atoms with Crippen molar-refractivity contribution in [3.63, 3.8) is 0 Å². The van der Waals surface area contributed by atoms with Gasteiger partial charge in [-0.25, -0.2) is 12.8 Å². The number of hydrogen-bond acceptors (Lipinski definition) is 4. The van der Waals surface area contributed by atoms with E-state index >= 15 is 0 Å². The molecule has 1 aliphatic rings. The summed E-state index contributed by atoms with van der Waals surface area (Å²) in [6, 6.07) is 9.91. The molecule has 0 fully saturated rings. The quantitative estimate of drug-likeness (QED) is 0.690. The Labute approximate surface area is 184 Å². The molecular formula is C20H19Cl2FN2O4S. The molecule has 3 rings (SSSR count). The van der Waals surface area contributed by atoms with Crippen molar-refractivity contribution in [2.24, 2.45) is 0 Å². The van der Waals surface area contributed by atoms with Crippen LogP contribution in [0, 0.1) is 0 Å². The summed E-state index contributed by atoms with van der Waals surface area (Å²) in [5.74, 6) is -1.16.